The monoisotopic (exact) mass is 284 g/mol. The number of benzene rings is 1. The summed E-state index contributed by atoms with van der Waals surface area (Å²) < 4.78 is 32.1. The summed E-state index contributed by atoms with van der Waals surface area (Å²) in [4.78, 5) is 4.24. The largest absolute Gasteiger partial charge is 0.383 e. The highest BCUT2D eigenvalue weighted by Gasteiger charge is 2.13. The van der Waals surface area contributed by atoms with Crippen LogP contribution in [-0.4, -0.2) is 25.2 Å². The molecule has 102 valence electrons. The molecule has 1 N–H and O–H groups in total. The van der Waals surface area contributed by atoms with Crippen LogP contribution in [0.3, 0.4) is 0 Å². The highest BCUT2D eigenvalue weighted by Crippen LogP contribution is 2.27. The summed E-state index contributed by atoms with van der Waals surface area (Å²) in [6.07, 6.45) is 0. The van der Waals surface area contributed by atoms with Gasteiger partial charge in [0.25, 0.3) is 0 Å². The Morgan fingerprint density at radius 2 is 2.05 bits per heavy atom. The van der Waals surface area contributed by atoms with Crippen molar-refractivity contribution >= 4 is 11.3 Å². The normalized spacial score (nSPS) is 10.9. The van der Waals surface area contributed by atoms with Crippen LogP contribution in [-0.2, 0) is 11.3 Å². The first-order chi connectivity index (χ1) is 9.22. The minimum Gasteiger partial charge on any atom is -0.383 e. The standard InChI is InChI=1S/C13H14F2N2OS/c1-18-6-5-16-7-12-17-11(8-19-12)13-9(14)3-2-4-10(13)15/h2-4,8,16H,5-7H2,1H3. The predicted octanol–water partition coefficient (Wildman–Crippen LogP) is 2.82. The Morgan fingerprint density at radius 1 is 1.32 bits per heavy atom. The summed E-state index contributed by atoms with van der Waals surface area (Å²) in [5.74, 6) is -1.19. The average Bonchev–Trinajstić information content (AvgIpc) is 2.83. The van der Waals surface area contributed by atoms with Crippen molar-refractivity contribution in [2.24, 2.45) is 0 Å². The van der Waals surface area contributed by atoms with Crippen molar-refractivity contribution in [1.82, 2.24) is 10.3 Å². The molecule has 19 heavy (non-hydrogen) atoms. The quantitative estimate of drug-likeness (QED) is 0.828. The summed E-state index contributed by atoms with van der Waals surface area (Å²) in [6.45, 7) is 1.88. The zero-order chi connectivity index (χ0) is 13.7. The van der Waals surface area contributed by atoms with Gasteiger partial charge in [-0.15, -0.1) is 11.3 Å². The summed E-state index contributed by atoms with van der Waals surface area (Å²) in [5.41, 5.74) is 0.269. The molecule has 0 unspecified atom stereocenters. The highest BCUT2D eigenvalue weighted by atomic mass is 32.1. The van der Waals surface area contributed by atoms with E-state index in [4.69, 9.17) is 4.74 Å². The molecule has 2 rings (SSSR count). The van der Waals surface area contributed by atoms with E-state index in [1.165, 1.54) is 29.5 Å². The van der Waals surface area contributed by atoms with Gasteiger partial charge in [0, 0.05) is 25.6 Å². The van der Waals surface area contributed by atoms with Crippen molar-refractivity contribution in [3.8, 4) is 11.3 Å². The van der Waals surface area contributed by atoms with Gasteiger partial charge >= 0.3 is 0 Å². The van der Waals surface area contributed by atoms with E-state index in [1.54, 1.807) is 12.5 Å². The third kappa shape index (κ3) is 3.56. The van der Waals surface area contributed by atoms with Crippen LogP contribution < -0.4 is 5.32 Å². The second-order valence-corrected chi connectivity index (χ2v) is 4.84. The van der Waals surface area contributed by atoms with Gasteiger partial charge in [0.2, 0.25) is 0 Å². The Kier molecular flexibility index (Phi) is 4.95. The number of hydrogen-bond acceptors (Lipinski definition) is 4. The Balaban J connectivity index is 2.08. The van der Waals surface area contributed by atoms with Crippen LogP contribution in [0, 0.1) is 11.6 Å². The van der Waals surface area contributed by atoms with Crippen molar-refractivity contribution in [2.45, 2.75) is 6.54 Å². The first-order valence-corrected chi connectivity index (χ1v) is 6.68. The minimum atomic E-state index is -0.593. The second kappa shape index (κ2) is 6.70. The Hall–Kier alpha value is -1.37. The minimum absolute atomic E-state index is 0.0677. The first kappa shape index (κ1) is 14.0. The molecule has 0 bridgehead atoms. The van der Waals surface area contributed by atoms with Crippen LogP contribution in [0.2, 0.25) is 0 Å². The Labute approximate surface area is 114 Å². The van der Waals surface area contributed by atoms with Crippen LogP contribution in [0.5, 0.6) is 0 Å². The second-order valence-electron chi connectivity index (χ2n) is 3.89. The summed E-state index contributed by atoms with van der Waals surface area (Å²) in [6, 6.07) is 3.80. The zero-order valence-electron chi connectivity index (χ0n) is 10.5. The average molecular weight is 284 g/mol. The van der Waals surface area contributed by atoms with E-state index in [0.29, 0.717) is 25.4 Å². The molecule has 3 nitrogen and oxygen atoms in total. The lowest BCUT2D eigenvalue weighted by atomic mass is 10.1. The lowest BCUT2D eigenvalue weighted by Crippen LogP contribution is -2.18. The van der Waals surface area contributed by atoms with Gasteiger partial charge in [-0.3, -0.25) is 0 Å². The molecule has 1 aromatic heterocycles. The van der Waals surface area contributed by atoms with Crippen LogP contribution in [0.4, 0.5) is 8.78 Å². The van der Waals surface area contributed by atoms with Gasteiger partial charge in [0.15, 0.2) is 0 Å². The molecule has 0 fully saturated rings. The zero-order valence-corrected chi connectivity index (χ0v) is 11.3. The first-order valence-electron chi connectivity index (χ1n) is 5.81. The van der Waals surface area contributed by atoms with Crippen molar-refractivity contribution in [1.29, 1.82) is 0 Å². The molecule has 0 atom stereocenters. The summed E-state index contributed by atoms with van der Waals surface area (Å²) in [7, 11) is 1.63. The summed E-state index contributed by atoms with van der Waals surface area (Å²) >= 11 is 1.37. The molecule has 6 heteroatoms. The van der Waals surface area contributed by atoms with Gasteiger partial charge < -0.3 is 10.1 Å². The van der Waals surface area contributed by atoms with Gasteiger partial charge in [-0.1, -0.05) is 6.07 Å². The van der Waals surface area contributed by atoms with Gasteiger partial charge in [-0.25, -0.2) is 13.8 Å². The van der Waals surface area contributed by atoms with Crippen molar-refractivity contribution in [2.75, 3.05) is 20.3 Å². The fraction of sp³-hybridized carbons (Fsp3) is 0.308. The van der Waals surface area contributed by atoms with Crippen molar-refractivity contribution in [3.63, 3.8) is 0 Å². The topological polar surface area (TPSA) is 34.1 Å². The lowest BCUT2D eigenvalue weighted by molar-refractivity contribution is 0.199. The molecule has 0 saturated carbocycles. The van der Waals surface area contributed by atoms with Gasteiger partial charge in [-0.05, 0) is 12.1 Å². The molecular weight excluding hydrogens is 270 g/mol. The highest BCUT2D eigenvalue weighted by molar-refractivity contribution is 7.09. The van der Waals surface area contributed by atoms with Gasteiger partial charge in [-0.2, -0.15) is 0 Å². The third-order valence-electron chi connectivity index (χ3n) is 2.53. The molecular formula is C13H14F2N2OS. The molecule has 0 aliphatic carbocycles. The smallest absolute Gasteiger partial charge is 0.135 e. The van der Waals surface area contributed by atoms with E-state index in [0.717, 1.165) is 5.01 Å². The van der Waals surface area contributed by atoms with Gasteiger partial charge in [0.05, 0.1) is 17.9 Å². The van der Waals surface area contributed by atoms with E-state index in [-0.39, 0.29) is 5.56 Å². The number of nitrogens with one attached hydrogen (secondary N) is 1. The maximum Gasteiger partial charge on any atom is 0.135 e. The van der Waals surface area contributed by atoms with E-state index in [9.17, 15) is 8.78 Å². The number of halogens is 2. The summed E-state index contributed by atoms with van der Waals surface area (Å²) in [5, 5.41) is 5.58. The number of thiazole rings is 1. The van der Waals surface area contributed by atoms with Crippen LogP contribution >= 0.6 is 11.3 Å². The molecule has 0 aliphatic heterocycles. The predicted molar refractivity (Wildman–Crippen MR) is 71.0 cm³/mol. The maximum absolute atomic E-state index is 13.6. The number of ether oxygens (including phenoxy) is 1. The molecule has 1 heterocycles. The third-order valence-corrected chi connectivity index (χ3v) is 3.38. The van der Waals surface area contributed by atoms with Crippen molar-refractivity contribution < 1.29 is 13.5 Å². The number of rotatable bonds is 6. The number of hydrogen-bond donors (Lipinski definition) is 1. The van der Waals surface area contributed by atoms with Crippen LogP contribution in [0.25, 0.3) is 11.3 Å². The molecule has 1 aromatic carbocycles. The number of methoxy groups -OCH3 is 1. The van der Waals surface area contributed by atoms with Gasteiger partial charge in [0.1, 0.15) is 16.6 Å². The fourth-order valence-corrected chi connectivity index (χ4v) is 2.37. The number of aromatic nitrogens is 1. The van der Waals surface area contributed by atoms with Crippen molar-refractivity contribution in [3.05, 3.63) is 40.2 Å². The molecule has 2 aromatic rings. The Morgan fingerprint density at radius 3 is 2.74 bits per heavy atom. The SMILES string of the molecule is COCCNCc1nc(-c2c(F)cccc2F)cs1. The van der Waals surface area contributed by atoms with E-state index >= 15 is 0 Å². The fourth-order valence-electron chi connectivity index (χ4n) is 1.62. The van der Waals surface area contributed by atoms with E-state index in [1.807, 2.05) is 0 Å². The maximum atomic E-state index is 13.6. The Bertz CT molecular complexity index is 525. The van der Waals surface area contributed by atoms with Crippen LogP contribution in [0.15, 0.2) is 23.6 Å². The molecule has 0 spiro atoms. The van der Waals surface area contributed by atoms with E-state index < -0.39 is 11.6 Å². The lowest BCUT2D eigenvalue weighted by Gasteiger charge is -2.01. The molecule has 0 amide bonds. The molecule has 0 saturated heterocycles. The van der Waals surface area contributed by atoms with Crippen LogP contribution in [0.1, 0.15) is 5.01 Å². The molecule has 0 radical (unpaired) electrons. The number of nitrogens with zero attached hydrogens (tertiary/aromatic N) is 1. The van der Waals surface area contributed by atoms with E-state index in [2.05, 4.69) is 10.3 Å². The molecule has 0 aliphatic rings.